The number of benzene rings is 2. The molecule has 0 amide bonds. The van der Waals surface area contributed by atoms with E-state index < -0.39 is 11.5 Å². The number of rotatable bonds is 5. The monoisotopic (exact) mass is 808 g/mol. The van der Waals surface area contributed by atoms with E-state index in [1.165, 1.54) is 130 Å². The first-order valence-corrected chi connectivity index (χ1v) is 21.2. The maximum absolute atomic E-state index is 10.2. The molecule has 0 N–H and O–H groups in total. The Bertz CT molecular complexity index is 1270. The van der Waals surface area contributed by atoms with Crippen molar-refractivity contribution in [2.45, 2.75) is 155 Å². The molecule has 0 bridgehead atoms. The predicted molar refractivity (Wildman–Crippen MR) is 196 cm³/mol. The molecule has 2 aromatic rings. The second-order valence-corrected chi connectivity index (χ2v) is 19.9. The van der Waals surface area contributed by atoms with E-state index in [9.17, 15) is 8.78 Å². The Labute approximate surface area is 313 Å². The van der Waals surface area contributed by atoms with E-state index in [0.717, 1.165) is 47.9 Å². The molecule has 2 nitrogen and oxygen atoms in total. The van der Waals surface area contributed by atoms with Crippen LogP contribution in [0.4, 0.5) is 20.2 Å². The quantitative estimate of drug-likeness (QED) is 0.290. The van der Waals surface area contributed by atoms with Crippen LogP contribution >= 0.6 is 6.89 Å². The average Bonchev–Trinajstić information content (AvgIpc) is 3.42. The molecule has 0 spiro atoms. The van der Waals surface area contributed by atoms with Crippen molar-refractivity contribution in [2.24, 2.45) is 0 Å². The Morgan fingerprint density at radius 3 is 1.04 bits per heavy atom. The largest absolute Gasteiger partial charge is 1.00 e. The fourth-order valence-corrected chi connectivity index (χ4v) is 18.2. The molecule has 0 atom stereocenters. The van der Waals surface area contributed by atoms with Crippen molar-refractivity contribution < 1.29 is 51.4 Å². The van der Waals surface area contributed by atoms with Crippen LogP contribution in [0.1, 0.15) is 130 Å². The summed E-state index contributed by atoms with van der Waals surface area (Å²) in [6.45, 7) is 14.9. The maximum atomic E-state index is 10.2. The molecule has 0 radical (unpaired) electrons. The van der Waals surface area contributed by atoms with Crippen LogP contribution in [0, 0.1) is 41.5 Å². The molecule has 48 heavy (non-hydrogen) atoms. The van der Waals surface area contributed by atoms with Crippen LogP contribution in [-0.2, 0) is 17.9 Å². The SMILES string of the molecule is Cc1cc(C)c(N2CCN(c3c(C)cc(C)cc3C)C2=P(C2CCCCC2)(C2CCCCC2)C2CCCCC2)c(C)c1.F[C](F)=[Ru+2].[Cl-].[Cl-]. The molecule has 4 aliphatic rings. The Kier molecular flexibility index (Phi) is 16.2. The van der Waals surface area contributed by atoms with Crippen molar-refractivity contribution >= 4 is 28.4 Å². The minimum absolute atomic E-state index is 0. The molecular formula is C40H59Cl2F2N2PRu. The third kappa shape index (κ3) is 8.83. The zero-order chi connectivity index (χ0) is 33.0. The van der Waals surface area contributed by atoms with E-state index in [1.807, 2.05) is 5.54 Å². The molecule has 1 saturated heterocycles. The van der Waals surface area contributed by atoms with Gasteiger partial charge in [0.25, 0.3) is 0 Å². The summed E-state index contributed by atoms with van der Waals surface area (Å²) in [5.74, 6) is 0. The molecule has 0 aromatic heterocycles. The number of hydrogen-bond acceptors (Lipinski definition) is 0. The number of aryl methyl sites for hydroxylation is 6. The summed E-state index contributed by atoms with van der Waals surface area (Å²) in [7, 11) is 0. The van der Waals surface area contributed by atoms with E-state index in [0.29, 0.717) is 0 Å². The van der Waals surface area contributed by atoms with Gasteiger partial charge in [-0.05, 0) is 119 Å². The first-order valence-electron chi connectivity index (χ1n) is 18.3. The third-order valence-corrected chi connectivity index (χ3v) is 18.1. The standard InChI is InChI=1S/C39H59N2P.CF2.2ClH.Ru/c1-28-24-30(3)37(31(4)25-28)40-22-23-41(38-32(5)26-29(2)27-33(38)6)39(40)42(34-16-10-7-11-17-34,35-18-12-8-13-19-35)36-20-14-9-15-21-36;2-1-3;;;/h24-27,34-36H,7-23H2,1-6H3;;2*1H;/q;;;;+2/p-2. The van der Waals surface area contributed by atoms with Gasteiger partial charge in [-0.2, -0.15) is 0 Å². The van der Waals surface area contributed by atoms with E-state index >= 15 is 0 Å². The van der Waals surface area contributed by atoms with Gasteiger partial charge in [0.15, 0.2) is 0 Å². The Balaban J connectivity index is 0.000000988. The molecule has 6 rings (SSSR count). The summed E-state index contributed by atoms with van der Waals surface area (Å²) >= 11 is 1.16. The van der Waals surface area contributed by atoms with E-state index in [2.05, 4.69) is 75.6 Å². The van der Waals surface area contributed by atoms with Gasteiger partial charge in [-0.25, -0.2) is 0 Å². The molecule has 0 unspecified atom stereocenters. The zero-order valence-electron chi connectivity index (χ0n) is 30.3. The van der Waals surface area contributed by atoms with Crippen LogP contribution in [0.25, 0.3) is 0 Å². The Hall–Kier alpha value is -0.727. The summed E-state index contributed by atoms with van der Waals surface area (Å²) in [6, 6.07) is 9.86. The van der Waals surface area contributed by atoms with Crippen LogP contribution in [-0.4, -0.2) is 40.2 Å². The molecule has 8 heteroatoms. The molecule has 3 saturated carbocycles. The fraction of sp³-hybridized carbons (Fsp3) is 0.650. The summed E-state index contributed by atoms with van der Waals surface area (Å²) in [6.07, 6.45) is 22.1. The normalized spacial score (nSPS) is 19.7. The van der Waals surface area contributed by atoms with Crippen molar-refractivity contribution in [1.29, 1.82) is 0 Å². The second-order valence-electron chi connectivity index (χ2n) is 15.0. The summed E-state index contributed by atoms with van der Waals surface area (Å²) in [4.78, 5) is 5.96. The number of hydrogen-bond donors (Lipinski definition) is 0. The molecule has 2 aromatic carbocycles. The molecule has 270 valence electrons. The summed E-state index contributed by atoms with van der Waals surface area (Å²) < 4.78 is 18.8. The number of halogens is 4. The smallest absolute Gasteiger partial charge is 1.00 e. The third-order valence-electron chi connectivity index (χ3n) is 11.7. The van der Waals surface area contributed by atoms with E-state index in [4.69, 9.17) is 0 Å². The zero-order valence-corrected chi connectivity index (χ0v) is 34.4. The van der Waals surface area contributed by atoms with Crippen molar-refractivity contribution in [3.05, 3.63) is 57.6 Å². The van der Waals surface area contributed by atoms with Crippen LogP contribution in [0.3, 0.4) is 0 Å². The van der Waals surface area contributed by atoms with Gasteiger partial charge in [0.2, 0.25) is 0 Å². The van der Waals surface area contributed by atoms with E-state index in [1.54, 1.807) is 11.4 Å². The minimum Gasteiger partial charge on any atom is -1.00 e. The van der Waals surface area contributed by atoms with Gasteiger partial charge >= 0.3 is 31.2 Å². The molecule has 1 aliphatic heterocycles. The fourth-order valence-electron chi connectivity index (χ4n) is 10.5. The van der Waals surface area contributed by atoms with Gasteiger partial charge in [-0.3, -0.25) is 0 Å². The van der Waals surface area contributed by atoms with Crippen LogP contribution < -0.4 is 34.6 Å². The molecular weight excluding hydrogens is 749 g/mol. The first kappa shape index (κ1) is 41.7. The van der Waals surface area contributed by atoms with Crippen molar-refractivity contribution in [3.8, 4) is 0 Å². The van der Waals surface area contributed by atoms with Crippen LogP contribution in [0.5, 0.6) is 0 Å². The topological polar surface area (TPSA) is 6.48 Å². The first-order chi connectivity index (χ1) is 22.0. The molecule has 1 heterocycles. The number of nitrogens with zero attached hydrogens (tertiary/aromatic N) is 2. The van der Waals surface area contributed by atoms with E-state index in [-0.39, 0.29) is 24.8 Å². The predicted octanol–water partition coefficient (Wildman–Crippen LogP) is 5.53. The average molecular weight is 809 g/mol. The van der Waals surface area contributed by atoms with Gasteiger partial charge in [0.05, 0.1) is 0 Å². The summed E-state index contributed by atoms with van der Waals surface area (Å²) in [5, 5.41) is 0. The van der Waals surface area contributed by atoms with Crippen molar-refractivity contribution in [2.75, 3.05) is 22.9 Å². The van der Waals surface area contributed by atoms with Gasteiger partial charge in [-0.1, -0.05) is 100 Å². The van der Waals surface area contributed by atoms with Gasteiger partial charge in [-0.15, -0.1) is 0 Å². The Morgan fingerprint density at radius 2 is 0.792 bits per heavy atom. The number of anilines is 2. The van der Waals surface area contributed by atoms with Crippen molar-refractivity contribution in [1.82, 2.24) is 0 Å². The maximum Gasteiger partial charge on any atom is -1.00 e. The minimum atomic E-state index is -1.65. The van der Waals surface area contributed by atoms with Gasteiger partial charge < -0.3 is 34.6 Å². The second kappa shape index (κ2) is 18.7. The van der Waals surface area contributed by atoms with Gasteiger partial charge in [0, 0.05) is 24.5 Å². The van der Waals surface area contributed by atoms with Gasteiger partial charge in [0.1, 0.15) is 5.54 Å². The Morgan fingerprint density at radius 1 is 0.542 bits per heavy atom. The summed E-state index contributed by atoms with van der Waals surface area (Å²) in [5.41, 5.74) is 16.5. The van der Waals surface area contributed by atoms with Crippen LogP contribution in [0.15, 0.2) is 24.3 Å². The van der Waals surface area contributed by atoms with Crippen LogP contribution in [0.2, 0.25) is 0 Å². The molecule has 3 aliphatic carbocycles. The van der Waals surface area contributed by atoms with Crippen molar-refractivity contribution in [3.63, 3.8) is 0 Å². The molecule has 4 fully saturated rings.